The second-order valence-corrected chi connectivity index (χ2v) is 3.04. The lowest BCUT2D eigenvalue weighted by Gasteiger charge is -2.12. The third-order valence-corrected chi connectivity index (χ3v) is 2.08. The fourth-order valence-corrected chi connectivity index (χ4v) is 1.50. The summed E-state index contributed by atoms with van der Waals surface area (Å²) in [5.41, 5.74) is 7.43. The predicted octanol–water partition coefficient (Wildman–Crippen LogP) is 1.91. The van der Waals surface area contributed by atoms with Crippen LogP contribution in [0.3, 0.4) is 0 Å². The maximum atomic E-state index is 13.5. The molecule has 0 aliphatic carbocycles. The Kier molecular flexibility index (Phi) is 2.88. The molecule has 3 heteroatoms. The first kappa shape index (κ1) is 9.99. The molecule has 0 spiro atoms. The Labute approximate surface area is 77.5 Å². The molecule has 0 unspecified atom stereocenters. The van der Waals surface area contributed by atoms with E-state index in [1.807, 2.05) is 6.92 Å². The van der Waals surface area contributed by atoms with Crippen LogP contribution in [0.15, 0.2) is 6.07 Å². The molecule has 0 amide bonds. The highest BCUT2D eigenvalue weighted by molar-refractivity contribution is 5.44. The largest absolute Gasteiger partial charge is 0.496 e. The van der Waals surface area contributed by atoms with Gasteiger partial charge in [0.1, 0.15) is 11.6 Å². The Morgan fingerprint density at radius 3 is 2.46 bits per heavy atom. The summed E-state index contributed by atoms with van der Waals surface area (Å²) in [6.45, 7) is 3.77. The molecular weight excluding hydrogens is 169 g/mol. The highest BCUT2D eigenvalue weighted by atomic mass is 19.1. The fourth-order valence-electron chi connectivity index (χ4n) is 1.50. The van der Waals surface area contributed by atoms with Gasteiger partial charge in [-0.3, -0.25) is 0 Å². The zero-order valence-electron chi connectivity index (χ0n) is 8.15. The van der Waals surface area contributed by atoms with Gasteiger partial charge in [-0.2, -0.15) is 0 Å². The smallest absolute Gasteiger partial charge is 0.134 e. The number of methoxy groups -OCH3 is 1. The number of halogens is 1. The number of hydrogen-bond acceptors (Lipinski definition) is 2. The fraction of sp³-hybridized carbons (Fsp3) is 0.400. The van der Waals surface area contributed by atoms with Crippen LogP contribution in [0.4, 0.5) is 4.39 Å². The Balaban J connectivity index is 3.41. The highest BCUT2D eigenvalue weighted by Crippen LogP contribution is 2.27. The average Bonchev–Trinajstić information content (AvgIpc) is 2.10. The van der Waals surface area contributed by atoms with E-state index in [-0.39, 0.29) is 12.4 Å². The van der Waals surface area contributed by atoms with E-state index in [1.54, 1.807) is 13.0 Å². The van der Waals surface area contributed by atoms with Crippen LogP contribution in [0.25, 0.3) is 0 Å². The van der Waals surface area contributed by atoms with Crippen molar-refractivity contribution >= 4 is 0 Å². The lowest BCUT2D eigenvalue weighted by Crippen LogP contribution is -2.06. The number of benzene rings is 1. The van der Waals surface area contributed by atoms with E-state index in [9.17, 15) is 4.39 Å². The quantitative estimate of drug-likeness (QED) is 0.760. The van der Waals surface area contributed by atoms with Gasteiger partial charge in [-0.05, 0) is 31.0 Å². The van der Waals surface area contributed by atoms with E-state index in [1.165, 1.54) is 7.11 Å². The van der Waals surface area contributed by atoms with Crippen molar-refractivity contribution in [2.45, 2.75) is 20.4 Å². The first-order valence-electron chi connectivity index (χ1n) is 4.14. The van der Waals surface area contributed by atoms with Crippen molar-refractivity contribution in [3.8, 4) is 5.75 Å². The van der Waals surface area contributed by atoms with E-state index < -0.39 is 0 Å². The lowest BCUT2D eigenvalue weighted by atomic mass is 10.0. The van der Waals surface area contributed by atoms with Crippen LogP contribution in [-0.4, -0.2) is 7.11 Å². The zero-order chi connectivity index (χ0) is 10.0. The second-order valence-electron chi connectivity index (χ2n) is 3.04. The molecule has 0 aliphatic heterocycles. The summed E-state index contributed by atoms with van der Waals surface area (Å²) in [6, 6.07) is 1.76. The SMILES string of the molecule is COc1c(C)cc(C)c(F)c1CN. The summed E-state index contributed by atoms with van der Waals surface area (Å²) in [7, 11) is 1.52. The van der Waals surface area contributed by atoms with Crippen molar-refractivity contribution in [3.63, 3.8) is 0 Å². The molecule has 0 saturated carbocycles. The van der Waals surface area contributed by atoms with E-state index in [0.717, 1.165) is 5.56 Å². The van der Waals surface area contributed by atoms with Crippen LogP contribution in [0.5, 0.6) is 5.75 Å². The highest BCUT2D eigenvalue weighted by Gasteiger charge is 2.13. The Bertz CT molecular complexity index is 323. The van der Waals surface area contributed by atoms with Crippen molar-refractivity contribution in [2.75, 3.05) is 7.11 Å². The van der Waals surface area contributed by atoms with Crippen LogP contribution >= 0.6 is 0 Å². The Morgan fingerprint density at radius 1 is 1.38 bits per heavy atom. The number of hydrogen-bond donors (Lipinski definition) is 1. The number of aryl methyl sites for hydroxylation is 2. The first-order chi connectivity index (χ1) is 6.11. The molecule has 0 aromatic heterocycles. The maximum absolute atomic E-state index is 13.5. The van der Waals surface area contributed by atoms with Gasteiger partial charge in [-0.15, -0.1) is 0 Å². The van der Waals surface area contributed by atoms with Crippen LogP contribution < -0.4 is 10.5 Å². The van der Waals surface area contributed by atoms with E-state index in [2.05, 4.69) is 0 Å². The normalized spacial score (nSPS) is 10.2. The molecule has 2 nitrogen and oxygen atoms in total. The standard InChI is InChI=1S/C10H14FNO/c1-6-4-7(2)10(13-3)8(5-12)9(6)11/h4H,5,12H2,1-3H3. The van der Waals surface area contributed by atoms with E-state index in [4.69, 9.17) is 10.5 Å². The summed E-state index contributed by atoms with van der Waals surface area (Å²) in [5.74, 6) is 0.301. The van der Waals surface area contributed by atoms with E-state index in [0.29, 0.717) is 16.9 Å². The van der Waals surface area contributed by atoms with Crippen molar-refractivity contribution in [2.24, 2.45) is 5.73 Å². The molecule has 0 heterocycles. The molecule has 1 aromatic rings. The van der Waals surface area contributed by atoms with E-state index >= 15 is 0 Å². The summed E-state index contributed by atoms with van der Waals surface area (Å²) in [4.78, 5) is 0. The molecule has 72 valence electrons. The Morgan fingerprint density at radius 2 is 2.00 bits per heavy atom. The minimum Gasteiger partial charge on any atom is -0.496 e. The monoisotopic (exact) mass is 183 g/mol. The third kappa shape index (κ3) is 1.65. The molecule has 1 rings (SSSR count). The molecule has 0 radical (unpaired) electrons. The minimum absolute atomic E-state index is 0.164. The molecule has 0 atom stereocenters. The number of nitrogens with two attached hydrogens (primary N) is 1. The van der Waals surface area contributed by atoms with Crippen LogP contribution in [-0.2, 0) is 6.54 Å². The number of rotatable bonds is 2. The summed E-state index contributed by atoms with van der Waals surface area (Å²) in [6.07, 6.45) is 0. The summed E-state index contributed by atoms with van der Waals surface area (Å²) in [5, 5.41) is 0. The summed E-state index contributed by atoms with van der Waals surface area (Å²) >= 11 is 0. The summed E-state index contributed by atoms with van der Waals surface area (Å²) < 4.78 is 18.6. The van der Waals surface area contributed by atoms with Gasteiger partial charge in [0.05, 0.1) is 7.11 Å². The second kappa shape index (κ2) is 3.75. The predicted molar refractivity (Wildman–Crippen MR) is 50.3 cm³/mol. The maximum Gasteiger partial charge on any atom is 0.134 e. The van der Waals surface area contributed by atoms with Gasteiger partial charge in [0.15, 0.2) is 0 Å². The molecular formula is C10H14FNO. The molecule has 0 bridgehead atoms. The number of ether oxygens (including phenoxy) is 1. The topological polar surface area (TPSA) is 35.2 Å². The van der Waals surface area contributed by atoms with Gasteiger partial charge in [-0.1, -0.05) is 0 Å². The van der Waals surface area contributed by atoms with Crippen molar-refractivity contribution in [3.05, 3.63) is 28.6 Å². The van der Waals surface area contributed by atoms with Gasteiger partial charge >= 0.3 is 0 Å². The van der Waals surface area contributed by atoms with Crippen LogP contribution in [0.2, 0.25) is 0 Å². The molecule has 13 heavy (non-hydrogen) atoms. The van der Waals surface area contributed by atoms with Crippen molar-refractivity contribution in [1.82, 2.24) is 0 Å². The molecule has 0 saturated heterocycles. The van der Waals surface area contributed by atoms with Crippen LogP contribution in [0, 0.1) is 19.7 Å². The minimum atomic E-state index is -0.259. The molecule has 0 aliphatic rings. The zero-order valence-corrected chi connectivity index (χ0v) is 8.15. The lowest BCUT2D eigenvalue weighted by molar-refractivity contribution is 0.401. The van der Waals surface area contributed by atoms with Gasteiger partial charge in [0.2, 0.25) is 0 Å². The van der Waals surface area contributed by atoms with Crippen molar-refractivity contribution < 1.29 is 9.13 Å². The van der Waals surface area contributed by atoms with Gasteiger partial charge in [0.25, 0.3) is 0 Å². The third-order valence-electron chi connectivity index (χ3n) is 2.08. The molecule has 1 aromatic carbocycles. The van der Waals surface area contributed by atoms with Crippen LogP contribution in [0.1, 0.15) is 16.7 Å². The van der Waals surface area contributed by atoms with Gasteiger partial charge in [-0.25, -0.2) is 4.39 Å². The first-order valence-corrected chi connectivity index (χ1v) is 4.14. The molecule has 0 fully saturated rings. The van der Waals surface area contributed by atoms with Gasteiger partial charge in [0, 0.05) is 12.1 Å². The molecule has 2 N–H and O–H groups in total. The van der Waals surface area contributed by atoms with Crippen molar-refractivity contribution in [1.29, 1.82) is 0 Å². The Hall–Kier alpha value is -1.09. The van der Waals surface area contributed by atoms with Gasteiger partial charge < -0.3 is 10.5 Å². The average molecular weight is 183 g/mol.